The van der Waals surface area contributed by atoms with Gasteiger partial charge in [0.25, 0.3) is 0 Å². The molecule has 0 aliphatic carbocycles. The maximum atomic E-state index is 11.3. The Labute approximate surface area is 124 Å². The third-order valence-corrected chi connectivity index (χ3v) is 3.56. The van der Waals surface area contributed by atoms with Gasteiger partial charge in [-0.15, -0.1) is 0 Å². The SMILES string of the molecule is Nc1c(-c2ccc3c(c2)OCO3)nc2c(C(=O)O)cccn12. The van der Waals surface area contributed by atoms with Gasteiger partial charge in [-0.2, -0.15) is 0 Å². The minimum atomic E-state index is -1.05. The molecule has 0 amide bonds. The van der Waals surface area contributed by atoms with E-state index in [0.717, 1.165) is 5.56 Å². The summed E-state index contributed by atoms with van der Waals surface area (Å²) in [6.45, 7) is 0.183. The van der Waals surface area contributed by atoms with E-state index in [-0.39, 0.29) is 12.4 Å². The molecular weight excluding hydrogens is 286 g/mol. The monoisotopic (exact) mass is 297 g/mol. The number of pyridine rings is 1. The fourth-order valence-corrected chi connectivity index (χ4v) is 2.51. The lowest BCUT2D eigenvalue weighted by Crippen LogP contribution is -2.01. The third-order valence-electron chi connectivity index (χ3n) is 3.56. The minimum Gasteiger partial charge on any atom is -0.478 e. The molecule has 0 atom stereocenters. The molecule has 110 valence electrons. The van der Waals surface area contributed by atoms with Crippen LogP contribution in [0.2, 0.25) is 0 Å². The number of ether oxygens (including phenoxy) is 2. The highest BCUT2D eigenvalue weighted by Gasteiger charge is 2.19. The lowest BCUT2D eigenvalue weighted by molar-refractivity contribution is 0.0698. The Kier molecular flexibility index (Phi) is 2.50. The van der Waals surface area contributed by atoms with E-state index in [2.05, 4.69) is 4.98 Å². The number of carboxylic acid groups (broad SMARTS) is 1. The Hall–Kier alpha value is -3.22. The summed E-state index contributed by atoms with van der Waals surface area (Å²) < 4.78 is 12.2. The summed E-state index contributed by atoms with van der Waals surface area (Å²) in [5.41, 5.74) is 7.77. The molecule has 3 aromatic rings. The maximum Gasteiger partial charge on any atom is 0.339 e. The number of fused-ring (bicyclic) bond motifs is 2. The number of hydrogen-bond acceptors (Lipinski definition) is 5. The molecule has 1 aliphatic rings. The Balaban J connectivity index is 1.94. The van der Waals surface area contributed by atoms with E-state index >= 15 is 0 Å². The summed E-state index contributed by atoms with van der Waals surface area (Å²) in [4.78, 5) is 15.7. The van der Waals surface area contributed by atoms with Crippen LogP contribution >= 0.6 is 0 Å². The van der Waals surface area contributed by atoms with Gasteiger partial charge in [-0.25, -0.2) is 9.78 Å². The Morgan fingerprint density at radius 1 is 1.27 bits per heavy atom. The zero-order chi connectivity index (χ0) is 15.3. The van der Waals surface area contributed by atoms with Crippen molar-refractivity contribution in [1.29, 1.82) is 0 Å². The lowest BCUT2D eigenvalue weighted by Gasteiger charge is -2.01. The van der Waals surface area contributed by atoms with Crippen LogP contribution in [0.15, 0.2) is 36.5 Å². The van der Waals surface area contributed by atoms with Gasteiger partial charge in [0.2, 0.25) is 6.79 Å². The Bertz CT molecular complexity index is 917. The summed E-state index contributed by atoms with van der Waals surface area (Å²) >= 11 is 0. The molecule has 3 N–H and O–H groups in total. The highest BCUT2D eigenvalue weighted by molar-refractivity contribution is 5.95. The van der Waals surface area contributed by atoms with Crippen LogP contribution in [-0.4, -0.2) is 27.3 Å². The van der Waals surface area contributed by atoms with Gasteiger partial charge in [0.05, 0.1) is 0 Å². The van der Waals surface area contributed by atoms with Crippen LogP contribution in [0, 0.1) is 0 Å². The highest BCUT2D eigenvalue weighted by Crippen LogP contribution is 2.37. The first-order valence-corrected chi connectivity index (χ1v) is 6.55. The summed E-state index contributed by atoms with van der Waals surface area (Å²) in [6, 6.07) is 8.48. The van der Waals surface area contributed by atoms with Crippen LogP contribution in [0.5, 0.6) is 11.5 Å². The lowest BCUT2D eigenvalue weighted by atomic mass is 10.1. The van der Waals surface area contributed by atoms with Crippen molar-refractivity contribution in [2.75, 3.05) is 12.5 Å². The number of nitrogen functional groups attached to an aromatic ring is 1. The first-order chi connectivity index (χ1) is 10.6. The van der Waals surface area contributed by atoms with Gasteiger partial charge in [-0.1, -0.05) is 0 Å². The molecule has 2 aromatic heterocycles. The number of rotatable bonds is 2. The largest absolute Gasteiger partial charge is 0.478 e. The van der Waals surface area contributed by atoms with Gasteiger partial charge in [-0.3, -0.25) is 4.40 Å². The Morgan fingerprint density at radius 2 is 2.09 bits per heavy atom. The molecule has 0 spiro atoms. The normalized spacial score (nSPS) is 12.7. The molecule has 0 saturated carbocycles. The van der Waals surface area contributed by atoms with Crippen molar-refractivity contribution in [2.24, 2.45) is 0 Å². The molecule has 7 heteroatoms. The van der Waals surface area contributed by atoms with E-state index in [4.69, 9.17) is 15.2 Å². The molecule has 0 fully saturated rings. The number of nitrogens with two attached hydrogens (primary N) is 1. The van der Waals surface area contributed by atoms with E-state index in [1.165, 1.54) is 6.07 Å². The van der Waals surface area contributed by atoms with E-state index in [1.807, 2.05) is 6.07 Å². The molecule has 0 bridgehead atoms. The number of carboxylic acids is 1. The van der Waals surface area contributed by atoms with Crippen molar-refractivity contribution in [2.45, 2.75) is 0 Å². The van der Waals surface area contributed by atoms with Crippen molar-refractivity contribution in [3.05, 3.63) is 42.1 Å². The van der Waals surface area contributed by atoms with Crippen LogP contribution in [-0.2, 0) is 0 Å². The standard InChI is InChI=1S/C15H11N3O4/c16-13-12(8-3-4-10-11(6-8)22-7-21-10)17-14-9(15(19)20)2-1-5-18(13)14/h1-6H,7,16H2,(H,19,20). The van der Waals surface area contributed by atoms with E-state index in [0.29, 0.717) is 28.7 Å². The number of hydrogen-bond donors (Lipinski definition) is 2. The maximum absolute atomic E-state index is 11.3. The second-order valence-corrected chi connectivity index (χ2v) is 4.83. The van der Waals surface area contributed by atoms with Crippen LogP contribution in [0.25, 0.3) is 16.9 Å². The van der Waals surface area contributed by atoms with Crippen molar-refractivity contribution >= 4 is 17.4 Å². The van der Waals surface area contributed by atoms with Crippen LogP contribution in [0.1, 0.15) is 10.4 Å². The average Bonchev–Trinajstić information content (AvgIpc) is 3.11. The first kappa shape index (κ1) is 12.5. The van der Waals surface area contributed by atoms with Crippen molar-refractivity contribution < 1.29 is 19.4 Å². The van der Waals surface area contributed by atoms with Crippen LogP contribution in [0.3, 0.4) is 0 Å². The van der Waals surface area contributed by atoms with Gasteiger partial charge < -0.3 is 20.3 Å². The molecule has 0 unspecified atom stereocenters. The van der Waals surface area contributed by atoms with Crippen molar-refractivity contribution in [3.8, 4) is 22.8 Å². The highest BCUT2D eigenvalue weighted by atomic mass is 16.7. The number of carbonyl (C=O) groups is 1. The smallest absolute Gasteiger partial charge is 0.339 e. The van der Waals surface area contributed by atoms with Gasteiger partial charge in [-0.05, 0) is 30.3 Å². The quantitative estimate of drug-likeness (QED) is 0.750. The summed E-state index contributed by atoms with van der Waals surface area (Å²) in [6.07, 6.45) is 1.68. The molecule has 0 radical (unpaired) electrons. The molecule has 7 nitrogen and oxygen atoms in total. The molecule has 0 saturated heterocycles. The van der Waals surface area contributed by atoms with E-state index in [1.54, 1.807) is 28.8 Å². The fourth-order valence-electron chi connectivity index (χ4n) is 2.51. The third kappa shape index (κ3) is 1.69. The topological polar surface area (TPSA) is 99.1 Å². The Morgan fingerprint density at radius 3 is 2.91 bits per heavy atom. The summed E-state index contributed by atoms with van der Waals surface area (Å²) in [7, 11) is 0. The van der Waals surface area contributed by atoms with Crippen LogP contribution < -0.4 is 15.2 Å². The predicted molar refractivity (Wildman–Crippen MR) is 78.1 cm³/mol. The number of aromatic nitrogens is 2. The second-order valence-electron chi connectivity index (χ2n) is 4.83. The number of nitrogens with zero attached hydrogens (tertiary/aromatic N) is 2. The minimum absolute atomic E-state index is 0.0983. The fraction of sp³-hybridized carbons (Fsp3) is 0.0667. The predicted octanol–water partition coefficient (Wildman–Crippen LogP) is 2.01. The summed E-state index contributed by atoms with van der Waals surface area (Å²) in [5.74, 6) is 0.606. The molecule has 4 rings (SSSR count). The van der Waals surface area contributed by atoms with Gasteiger partial charge in [0.1, 0.15) is 17.1 Å². The number of benzene rings is 1. The summed E-state index contributed by atoms with van der Waals surface area (Å²) in [5, 5.41) is 9.25. The van der Waals surface area contributed by atoms with Crippen molar-refractivity contribution in [3.63, 3.8) is 0 Å². The number of anilines is 1. The molecular formula is C15H11N3O4. The molecule has 1 aliphatic heterocycles. The first-order valence-electron chi connectivity index (χ1n) is 6.55. The van der Waals surface area contributed by atoms with E-state index in [9.17, 15) is 9.90 Å². The molecule has 1 aromatic carbocycles. The number of imidazole rings is 1. The second kappa shape index (κ2) is 4.39. The van der Waals surface area contributed by atoms with Gasteiger partial charge >= 0.3 is 5.97 Å². The van der Waals surface area contributed by atoms with E-state index < -0.39 is 5.97 Å². The van der Waals surface area contributed by atoms with Crippen LogP contribution in [0.4, 0.5) is 5.82 Å². The molecule has 3 heterocycles. The average molecular weight is 297 g/mol. The van der Waals surface area contributed by atoms with Gasteiger partial charge in [0.15, 0.2) is 17.1 Å². The zero-order valence-electron chi connectivity index (χ0n) is 11.3. The molecule has 22 heavy (non-hydrogen) atoms. The van der Waals surface area contributed by atoms with Gasteiger partial charge in [0, 0.05) is 11.8 Å². The van der Waals surface area contributed by atoms with Crippen molar-refractivity contribution in [1.82, 2.24) is 9.38 Å². The zero-order valence-corrected chi connectivity index (χ0v) is 11.3. The number of aromatic carboxylic acids is 1.